The average Bonchev–Trinajstić information content (AvgIpc) is 2.57. The number of hydrogen-bond donors (Lipinski definition) is 2. The molecule has 1 aromatic carbocycles. The van der Waals surface area contributed by atoms with Crippen molar-refractivity contribution in [3.05, 3.63) is 62.9 Å². The first-order chi connectivity index (χ1) is 11.7. The molecular weight excluding hydrogens is 366 g/mol. The molecule has 3 N–H and O–H groups in total. The number of carbonyl (C=O) groups excluding carboxylic acids is 1. The summed E-state index contributed by atoms with van der Waals surface area (Å²) in [5, 5.41) is 11.2. The molecule has 2 aromatic rings. The summed E-state index contributed by atoms with van der Waals surface area (Å²) in [4.78, 5) is 16.0. The molecule has 0 fully saturated rings. The van der Waals surface area contributed by atoms with Crippen LogP contribution in [0.25, 0.3) is 0 Å². The van der Waals surface area contributed by atoms with E-state index in [-0.39, 0.29) is 30.0 Å². The van der Waals surface area contributed by atoms with Gasteiger partial charge in [0.2, 0.25) is 5.67 Å². The molecule has 1 aliphatic carbocycles. The van der Waals surface area contributed by atoms with Crippen molar-refractivity contribution >= 4 is 29.1 Å². The molecule has 1 heterocycles. The molecular formula is C18H17Cl2FN2O2. The van der Waals surface area contributed by atoms with Crippen LogP contribution in [0.1, 0.15) is 54.3 Å². The van der Waals surface area contributed by atoms with Gasteiger partial charge in [-0.05, 0) is 36.6 Å². The SMILES string of the molecule is C[C@@H](c1ccc2c(n1)C(O)CCC2(F)C(N)=O)c1ccc(Cl)cc1Cl. The second-order valence-electron chi connectivity index (χ2n) is 6.28. The lowest BCUT2D eigenvalue weighted by atomic mass is 9.80. The lowest BCUT2D eigenvalue weighted by Gasteiger charge is -2.32. The lowest BCUT2D eigenvalue weighted by Crippen LogP contribution is -2.41. The van der Waals surface area contributed by atoms with E-state index in [0.29, 0.717) is 15.7 Å². The summed E-state index contributed by atoms with van der Waals surface area (Å²) in [6, 6.07) is 8.28. The number of amides is 1. The molecule has 3 atom stereocenters. The number of halogens is 3. The van der Waals surface area contributed by atoms with Crippen molar-refractivity contribution in [3.63, 3.8) is 0 Å². The summed E-state index contributed by atoms with van der Waals surface area (Å²) in [7, 11) is 0. The molecule has 1 amide bonds. The Bertz CT molecular complexity index is 846. The number of hydrogen-bond acceptors (Lipinski definition) is 3. The monoisotopic (exact) mass is 382 g/mol. The van der Waals surface area contributed by atoms with Gasteiger partial charge in [0, 0.05) is 27.2 Å². The Kier molecular flexibility index (Phi) is 4.75. The van der Waals surface area contributed by atoms with Gasteiger partial charge in [-0.3, -0.25) is 9.78 Å². The van der Waals surface area contributed by atoms with Crippen molar-refractivity contribution in [2.75, 3.05) is 0 Å². The normalized spacial score (nSPS) is 23.8. The minimum absolute atomic E-state index is 0.0388. The van der Waals surface area contributed by atoms with Gasteiger partial charge < -0.3 is 10.8 Å². The van der Waals surface area contributed by atoms with E-state index < -0.39 is 17.7 Å². The van der Waals surface area contributed by atoms with Crippen LogP contribution in [0, 0.1) is 0 Å². The van der Waals surface area contributed by atoms with Crippen LogP contribution in [0.3, 0.4) is 0 Å². The van der Waals surface area contributed by atoms with Gasteiger partial charge in [0.1, 0.15) is 0 Å². The van der Waals surface area contributed by atoms with Gasteiger partial charge >= 0.3 is 0 Å². The van der Waals surface area contributed by atoms with Gasteiger partial charge in [0.15, 0.2) is 0 Å². The third-order valence-corrected chi connectivity index (χ3v) is 5.28. The first kappa shape index (κ1) is 18.1. The zero-order valence-corrected chi connectivity index (χ0v) is 15.0. The Hall–Kier alpha value is -1.69. The van der Waals surface area contributed by atoms with E-state index in [2.05, 4.69) is 4.98 Å². The Balaban J connectivity index is 2.06. The van der Waals surface area contributed by atoms with E-state index >= 15 is 0 Å². The van der Waals surface area contributed by atoms with Crippen LogP contribution in [-0.4, -0.2) is 16.0 Å². The molecule has 0 saturated heterocycles. The first-order valence-corrected chi connectivity index (χ1v) is 8.62. The molecule has 0 spiro atoms. The van der Waals surface area contributed by atoms with Crippen molar-refractivity contribution in [3.8, 4) is 0 Å². The number of carbonyl (C=O) groups is 1. The van der Waals surface area contributed by atoms with E-state index in [9.17, 15) is 14.3 Å². The van der Waals surface area contributed by atoms with E-state index in [1.165, 1.54) is 6.07 Å². The number of nitrogens with two attached hydrogens (primary N) is 1. The number of primary amides is 1. The number of aliphatic hydroxyl groups excluding tert-OH is 1. The molecule has 1 aromatic heterocycles. The molecule has 0 bridgehead atoms. The highest BCUT2D eigenvalue weighted by atomic mass is 35.5. The molecule has 0 radical (unpaired) electrons. The third kappa shape index (κ3) is 3.12. The average molecular weight is 383 g/mol. The van der Waals surface area contributed by atoms with Crippen LogP contribution < -0.4 is 5.73 Å². The lowest BCUT2D eigenvalue weighted by molar-refractivity contribution is -0.131. The van der Waals surface area contributed by atoms with Gasteiger partial charge in [-0.15, -0.1) is 0 Å². The minimum Gasteiger partial charge on any atom is -0.387 e. The summed E-state index contributed by atoms with van der Waals surface area (Å²) < 4.78 is 15.0. The third-order valence-electron chi connectivity index (χ3n) is 4.71. The maximum atomic E-state index is 15.0. The summed E-state index contributed by atoms with van der Waals surface area (Å²) in [5.74, 6) is -1.27. The van der Waals surface area contributed by atoms with Crippen LogP contribution in [0.15, 0.2) is 30.3 Å². The summed E-state index contributed by atoms with van der Waals surface area (Å²) in [6.07, 6.45) is -1.01. The highest BCUT2D eigenvalue weighted by Crippen LogP contribution is 2.43. The Morgan fingerprint density at radius 2 is 2.12 bits per heavy atom. The zero-order valence-electron chi connectivity index (χ0n) is 13.5. The molecule has 3 rings (SSSR count). The molecule has 2 unspecified atom stereocenters. The van der Waals surface area contributed by atoms with Crippen LogP contribution in [0.5, 0.6) is 0 Å². The second-order valence-corrected chi connectivity index (χ2v) is 7.12. The molecule has 4 nitrogen and oxygen atoms in total. The minimum atomic E-state index is -2.30. The number of pyridine rings is 1. The van der Waals surface area contributed by atoms with Gasteiger partial charge in [0.05, 0.1) is 11.8 Å². The van der Waals surface area contributed by atoms with Crippen molar-refractivity contribution in [1.29, 1.82) is 0 Å². The van der Waals surface area contributed by atoms with E-state index in [1.807, 2.05) is 6.92 Å². The van der Waals surface area contributed by atoms with Crippen LogP contribution in [0.4, 0.5) is 4.39 Å². The van der Waals surface area contributed by atoms with E-state index in [4.69, 9.17) is 28.9 Å². The predicted molar refractivity (Wildman–Crippen MR) is 94.4 cm³/mol. The van der Waals surface area contributed by atoms with Gasteiger partial charge in [0.25, 0.3) is 5.91 Å². The molecule has 132 valence electrons. The quantitative estimate of drug-likeness (QED) is 0.841. The number of rotatable bonds is 3. The fraction of sp³-hybridized carbons (Fsp3) is 0.333. The van der Waals surface area contributed by atoms with E-state index in [0.717, 1.165) is 5.56 Å². The number of benzene rings is 1. The summed E-state index contributed by atoms with van der Waals surface area (Å²) in [6.45, 7) is 1.90. The Labute approximate surface area is 154 Å². The van der Waals surface area contributed by atoms with Gasteiger partial charge in [-0.1, -0.05) is 42.3 Å². The molecule has 1 aliphatic rings. The number of alkyl halides is 1. The maximum Gasteiger partial charge on any atom is 0.259 e. The van der Waals surface area contributed by atoms with Crippen molar-refractivity contribution < 1.29 is 14.3 Å². The van der Waals surface area contributed by atoms with Crippen LogP contribution in [-0.2, 0) is 10.5 Å². The number of aromatic nitrogens is 1. The van der Waals surface area contributed by atoms with E-state index in [1.54, 1.807) is 24.3 Å². The highest BCUT2D eigenvalue weighted by Gasteiger charge is 2.45. The fourth-order valence-electron chi connectivity index (χ4n) is 3.20. The fourth-order valence-corrected chi connectivity index (χ4v) is 3.77. The largest absolute Gasteiger partial charge is 0.387 e. The topological polar surface area (TPSA) is 76.2 Å². The van der Waals surface area contributed by atoms with Crippen LogP contribution in [0.2, 0.25) is 10.0 Å². The van der Waals surface area contributed by atoms with Crippen molar-refractivity contribution in [2.24, 2.45) is 5.73 Å². The second kappa shape index (κ2) is 6.56. The molecule has 7 heteroatoms. The Morgan fingerprint density at radius 3 is 2.76 bits per heavy atom. The number of aliphatic hydroxyl groups is 1. The van der Waals surface area contributed by atoms with Gasteiger partial charge in [-0.25, -0.2) is 4.39 Å². The zero-order chi connectivity index (χ0) is 18.4. The summed E-state index contributed by atoms with van der Waals surface area (Å²) in [5.41, 5.74) is 4.54. The molecule has 0 saturated carbocycles. The first-order valence-electron chi connectivity index (χ1n) is 7.87. The molecule has 0 aliphatic heterocycles. The number of fused-ring (bicyclic) bond motifs is 1. The van der Waals surface area contributed by atoms with Crippen molar-refractivity contribution in [2.45, 2.75) is 37.5 Å². The molecule has 25 heavy (non-hydrogen) atoms. The van der Waals surface area contributed by atoms with Crippen molar-refractivity contribution in [1.82, 2.24) is 4.98 Å². The highest BCUT2D eigenvalue weighted by molar-refractivity contribution is 6.35. The van der Waals surface area contributed by atoms with Crippen LogP contribution >= 0.6 is 23.2 Å². The summed E-state index contributed by atoms with van der Waals surface area (Å²) >= 11 is 12.2. The van der Waals surface area contributed by atoms with Gasteiger partial charge in [-0.2, -0.15) is 0 Å². The smallest absolute Gasteiger partial charge is 0.259 e. The Morgan fingerprint density at radius 1 is 1.40 bits per heavy atom. The maximum absolute atomic E-state index is 15.0. The number of nitrogens with zero attached hydrogens (tertiary/aromatic N) is 1. The standard InChI is InChI=1S/C18H17Cl2FN2O2/c1-9(11-3-2-10(19)8-13(11)20)14-5-4-12-16(23-14)15(24)6-7-18(12,21)17(22)25/h2-5,8-9,15,24H,6-7H2,1H3,(H2,22,25)/t9-,15?,18?/m1/s1. The predicted octanol–water partition coefficient (Wildman–Crippen LogP) is 4.02.